The minimum atomic E-state index is -1.50. The molecule has 0 aromatic rings. The summed E-state index contributed by atoms with van der Waals surface area (Å²) < 4.78 is 15.7. The Hall–Kier alpha value is -0.360. The van der Waals surface area contributed by atoms with Crippen molar-refractivity contribution in [1.29, 1.82) is 0 Å². The molecule has 0 spiro atoms. The lowest BCUT2D eigenvalue weighted by Gasteiger charge is -2.40. The van der Waals surface area contributed by atoms with E-state index in [0.29, 0.717) is 0 Å². The van der Waals surface area contributed by atoms with E-state index in [-0.39, 0.29) is 19.6 Å². The predicted octanol–water partition coefficient (Wildman–Crippen LogP) is -3.69. The van der Waals surface area contributed by atoms with E-state index in [1.165, 1.54) is 0 Å². The highest BCUT2D eigenvalue weighted by Crippen LogP contribution is 2.23. The molecule has 2 aliphatic rings. The van der Waals surface area contributed by atoms with Crippen molar-refractivity contribution in [3.63, 3.8) is 0 Å². The van der Waals surface area contributed by atoms with Gasteiger partial charge in [-0.25, -0.2) is 0 Å². The number of rotatable bonds is 4. The lowest BCUT2D eigenvalue weighted by atomic mass is 9.99. The molecule has 9 nitrogen and oxygen atoms in total. The number of ether oxygens (including phenoxy) is 3. The van der Waals surface area contributed by atoms with Crippen LogP contribution >= 0.6 is 0 Å². The van der Waals surface area contributed by atoms with Crippen molar-refractivity contribution < 1.29 is 44.8 Å². The summed E-state index contributed by atoms with van der Waals surface area (Å²) in [4.78, 5) is 0. The molecule has 0 bridgehead atoms. The molecule has 6 N–H and O–H groups in total. The minimum absolute atomic E-state index is 0.0239. The molecule has 9 heteroatoms. The summed E-state index contributed by atoms with van der Waals surface area (Å²) in [6.45, 7) is -0.591. The smallest absolute Gasteiger partial charge is 0.186 e. The van der Waals surface area contributed by atoms with Gasteiger partial charge in [-0.05, 0) is 0 Å². The van der Waals surface area contributed by atoms with E-state index in [4.69, 9.17) is 19.3 Å². The van der Waals surface area contributed by atoms with E-state index in [1.54, 1.807) is 0 Å². The molecule has 0 amide bonds. The van der Waals surface area contributed by atoms with Gasteiger partial charge in [0.1, 0.15) is 30.5 Å². The maximum absolute atomic E-state index is 9.77. The fraction of sp³-hybridized carbons (Fsp3) is 1.00. The molecule has 0 aromatic heterocycles. The van der Waals surface area contributed by atoms with E-state index in [1.807, 2.05) is 0 Å². The Bertz CT molecular complexity index is 326. The second kappa shape index (κ2) is 7.27. The molecular weight excluding hydrogens is 288 g/mol. The number of hydrogen-bond donors (Lipinski definition) is 6. The first kappa shape index (κ1) is 17.0. The second-order valence-corrected chi connectivity index (χ2v) is 5.36. The zero-order valence-electron chi connectivity index (χ0n) is 11.4. The van der Waals surface area contributed by atoms with Crippen LogP contribution in [0, 0.1) is 0 Å². The SMILES string of the molecule is OC[C@H]1O[C@H](OC[C@@H]2C[C@H](O)[C@@H](O)CO2)[C@H](O)C(O)C1O. The Morgan fingerprint density at radius 1 is 0.952 bits per heavy atom. The van der Waals surface area contributed by atoms with Gasteiger partial charge in [-0.15, -0.1) is 0 Å². The van der Waals surface area contributed by atoms with Crippen LogP contribution in [0.25, 0.3) is 0 Å². The van der Waals surface area contributed by atoms with Gasteiger partial charge in [0, 0.05) is 6.42 Å². The van der Waals surface area contributed by atoms with Crippen LogP contribution in [0.4, 0.5) is 0 Å². The number of aliphatic hydroxyl groups is 6. The van der Waals surface area contributed by atoms with Crippen molar-refractivity contribution in [3.05, 3.63) is 0 Å². The van der Waals surface area contributed by atoms with Gasteiger partial charge >= 0.3 is 0 Å². The van der Waals surface area contributed by atoms with Gasteiger partial charge in [0.2, 0.25) is 0 Å². The summed E-state index contributed by atoms with van der Waals surface area (Å²) in [6, 6.07) is 0. The van der Waals surface area contributed by atoms with Gasteiger partial charge in [-0.1, -0.05) is 0 Å². The highest BCUT2D eigenvalue weighted by Gasteiger charge is 2.44. The third kappa shape index (κ3) is 3.89. The summed E-state index contributed by atoms with van der Waals surface area (Å²) >= 11 is 0. The molecular formula is C12H22O9. The third-order valence-corrected chi connectivity index (χ3v) is 3.75. The number of hydrogen-bond acceptors (Lipinski definition) is 9. The Balaban J connectivity index is 1.84. The second-order valence-electron chi connectivity index (χ2n) is 5.36. The van der Waals surface area contributed by atoms with E-state index < -0.39 is 55.6 Å². The van der Waals surface area contributed by atoms with Crippen LogP contribution in [0.5, 0.6) is 0 Å². The zero-order valence-corrected chi connectivity index (χ0v) is 11.4. The highest BCUT2D eigenvalue weighted by atomic mass is 16.7. The van der Waals surface area contributed by atoms with Crippen molar-refractivity contribution in [2.45, 2.75) is 55.4 Å². The first-order valence-electron chi connectivity index (χ1n) is 6.84. The van der Waals surface area contributed by atoms with Gasteiger partial charge in [0.15, 0.2) is 6.29 Å². The molecule has 0 aromatic carbocycles. The summed E-state index contributed by atoms with van der Waals surface area (Å²) in [6.07, 6.45) is -8.85. The minimum Gasteiger partial charge on any atom is -0.394 e. The largest absolute Gasteiger partial charge is 0.394 e. The van der Waals surface area contributed by atoms with Crippen molar-refractivity contribution >= 4 is 0 Å². The first-order valence-corrected chi connectivity index (χ1v) is 6.84. The molecule has 2 saturated heterocycles. The van der Waals surface area contributed by atoms with Gasteiger partial charge in [0.25, 0.3) is 0 Å². The summed E-state index contributed by atoms with van der Waals surface area (Å²) in [5.41, 5.74) is 0. The molecule has 21 heavy (non-hydrogen) atoms. The molecule has 0 saturated carbocycles. The van der Waals surface area contributed by atoms with E-state index in [0.717, 1.165) is 0 Å². The van der Waals surface area contributed by atoms with Crippen molar-refractivity contribution in [2.24, 2.45) is 0 Å². The fourth-order valence-corrected chi connectivity index (χ4v) is 2.36. The van der Waals surface area contributed by atoms with Crippen molar-refractivity contribution in [1.82, 2.24) is 0 Å². The van der Waals surface area contributed by atoms with Crippen molar-refractivity contribution in [2.75, 3.05) is 19.8 Å². The number of aliphatic hydroxyl groups excluding tert-OH is 6. The quantitative estimate of drug-likeness (QED) is 0.308. The zero-order chi connectivity index (χ0) is 15.6. The predicted molar refractivity (Wildman–Crippen MR) is 66.1 cm³/mol. The fourth-order valence-electron chi connectivity index (χ4n) is 2.36. The van der Waals surface area contributed by atoms with Gasteiger partial charge in [-0.2, -0.15) is 0 Å². The lowest BCUT2D eigenvalue weighted by molar-refractivity contribution is -0.307. The molecule has 0 radical (unpaired) electrons. The molecule has 8 atom stereocenters. The van der Waals surface area contributed by atoms with Gasteiger partial charge in [-0.3, -0.25) is 0 Å². The molecule has 0 aliphatic carbocycles. The maximum Gasteiger partial charge on any atom is 0.186 e. The van der Waals surface area contributed by atoms with E-state index in [9.17, 15) is 25.5 Å². The van der Waals surface area contributed by atoms with Crippen LogP contribution < -0.4 is 0 Å². The highest BCUT2D eigenvalue weighted by molar-refractivity contribution is 4.89. The average molecular weight is 310 g/mol. The Labute approximate surface area is 121 Å². The standard InChI is InChI=1S/C12H22O9/c13-2-8-9(16)10(17)11(18)12(21-8)20-3-5-1-6(14)7(15)4-19-5/h5-18H,1-4H2/t5-,6-,7-,8+,9?,10?,11+,12-/m0/s1. The summed E-state index contributed by atoms with van der Waals surface area (Å²) in [5.74, 6) is 0. The monoisotopic (exact) mass is 310 g/mol. The first-order chi connectivity index (χ1) is 9.93. The molecule has 2 heterocycles. The molecule has 2 rings (SSSR count). The molecule has 2 fully saturated rings. The van der Waals surface area contributed by atoms with Gasteiger partial charge in [0.05, 0.1) is 32.0 Å². The van der Waals surface area contributed by atoms with Crippen LogP contribution in [0.1, 0.15) is 6.42 Å². The lowest BCUT2D eigenvalue weighted by Crippen LogP contribution is -2.59. The Kier molecular flexibility index (Phi) is 5.88. The topological polar surface area (TPSA) is 149 Å². The van der Waals surface area contributed by atoms with Crippen molar-refractivity contribution in [3.8, 4) is 0 Å². The normalized spacial score (nSPS) is 48.3. The van der Waals surface area contributed by atoms with Gasteiger partial charge < -0.3 is 44.8 Å². The summed E-state index contributed by atoms with van der Waals surface area (Å²) in [5, 5.41) is 56.9. The third-order valence-electron chi connectivity index (χ3n) is 3.75. The van der Waals surface area contributed by atoms with Crippen LogP contribution in [0.2, 0.25) is 0 Å². The molecule has 124 valence electrons. The average Bonchev–Trinajstić information content (AvgIpc) is 2.47. The molecule has 2 unspecified atom stereocenters. The van der Waals surface area contributed by atoms with E-state index >= 15 is 0 Å². The van der Waals surface area contributed by atoms with Crippen LogP contribution in [0.15, 0.2) is 0 Å². The molecule has 2 aliphatic heterocycles. The van der Waals surface area contributed by atoms with Crippen LogP contribution in [0.3, 0.4) is 0 Å². The van der Waals surface area contributed by atoms with Crippen LogP contribution in [-0.2, 0) is 14.2 Å². The Morgan fingerprint density at radius 2 is 1.67 bits per heavy atom. The van der Waals surface area contributed by atoms with Crippen LogP contribution in [-0.4, -0.2) is 99.5 Å². The Morgan fingerprint density at radius 3 is 2.29 bits per heavy atom. The maximum atomic E-state index is 9.77. The van der Waals surface area contributed by atoms with E-state index in [2.05, 4.69) is 0 Å². The summed E-state index contributed by atoms with van der Waals surface area (Å²) in [7, 11) is 0.